The van der Waals surface area contributed by atoms with Crippen LogP contribution in [0.1, 0.15) is 31.3 Å². The van der Waals surface area contributed by atoms with E-state index >= 15 is 0 Å². The fourth-order valence-corrected chi connectivity index (χ4v) is 1.69. The molecule has 2 heterocycles. The zero-order chi connectivity index (χ0) is 12.8. The van der Waals surface area contributed by atoms with E-state index in [1.807, 2.05) is 24.3 Å². The number of rotatable bonds is 6. The molecule has 1 unspecified atom stereocenters. The van der Waals surface area contributed by atoms with E-state index in [0.29, 0.717) is 6.61 Å². The Morgan fingerprint density at radius 2 is 2.28 bits per heavy atom. The van der Waals surface area contributed by atoms with Crippen LogP contribution in [0.5, 0.6) is 5.75 Å². The van der Waals surface area contributed by atoms with E-state index in [1.165, 1.54) is 0 Å². The fraction of sp³-hybridized carbons (Fsp3) is 0.357. The Morgan fingerprint density at radius 3 is 2.89 bits per heavy atom. The number of ether oxygens (including phenoxy) is 1. The molecule has 1 N–H and O–H groups in total. The maximum Gasteiger partial charge on any atom is 0.146 e. The van der Waals surface area contributed by atoms with Crippen LogP contribution in [0.3, 0.4) is 0 Å². The van der Waals surface area contributed by atoms with Crippen LogP contribution in [-0.4, -0.2) is 11.5 Å². The predicted octanol–water partition coefficient (Wildman–Crippen LogP) is 2.92. The molecule has 2 aromatic heterocycles. The van der Waals surface area contributed by atoms with Crippen molar-refractivity contribution in [2.75, 3.05) is 6.54 Å². The lowest BCUT2D eigenvalue weighted by Crippen LogP contribution is -2.18. The second kappa shape index (κ2) is 6.21. The largest absolute Gasteiger partial charge is 0.484 e. The first-order valence-corrected chi connectivity index (χ1v) is 6.14. The highest BCUT2D eigenvalue weighted by atomic mass is 16.5. The number of furan rings is 1. The van der Waals surface area contributed by atoms with Gasteiger partial charge in [-0.1, -0.05) is 6.92 Å². The molecular formula is C14H18N2O2. The molecule has 0 radical (unpaired) electrons. The molecule has 96 valence electrons. The molecule has 0 amide bonds. The Hall–Kier alpha value is -1.81. The van der Waals surface area contributed by atoms with Crippen molar-refractivity contribution in [2.45, 2.75) is 26.5 Å². The monoisotopic (exact) mass is 246 g/mol. The molecule has 0 spiro atoms. The third kappa shape index (κ3) is 3.34. The van der Waals surface area contributed by atoms with Crippen LogP contribution in [0.4, 0.5) is 0 Å². The van der Waals surface area contributed by atoms with E-state index in [2.05, 4.69) is 24.1 Å². The van der Waals surface area contributed by atoms with Crippen molar-refractivity contribution in [3.63, 3.8) is 0 Å². The van der Waals surface area contributed by atoms with Crippen LogP contribution >= 0.6 is 0 Å². The van der Waals surface area contributed by atoms with Crippen molar-refractivity contribution < 1.29 is 9.15 Å². The molecule has 4 nitrogen and oxygen atoms in total. The van der Waals surface area contributed by atoms with Gasteiger partial charge in [0.1, 0.15) is 18.1 Å². The van der Waals surface area contributed by atoms with Crippen molar-refractivity contribution >= 4 is 0 Å². The van der Waals surface area contributed by atoms with E-state index in [9.17, 15) is 0 Å². The van der Waals surface area contributed by atoms with Crippen molar-refractivity contribution in [3.05, 3.63) is 48.2 Å². The molecule has 0 saturated heterocycles. The minimum absolute atomic E-state index is 0.258. The Balaban J connectivity index is 1.91. The number of pyridine rings is 1. The third-order valence-electron chi connectivity index (χ3n) is 2.67. The van der Waals surface area contributed by atoms with E-state index < -0.39 is 0 Å². The summed E-state index contributed by atoms with van der Waals surface area (Å²) in [5.41, 5.74) is 1.02. The first-order valence-electron chi connectivity index (χ1n) is 6.14. The van der Waals surface area contributed by atoms with Gasteiger partial charge in [-0.2, -0.15) is 0 Å². The SMILES string of the molecule is CCNC(C)c1ccc(OCc2ccco2)cn1. The van der Waals surface area contributed by atoms with Gasteiger partial charge in [-0.3, -0.25) is 4.98 Å². The van der Waals surface area contributed by atoms with Crippen LogP contribution in [-0.2, 0) is 6.61 Å². The molecular weight excluding hydrogens is 228 g/mol. The Bertz CT molecular complexity index is 451. The van der Waals surface area contributed by atoms with Crippen molar-refractivity contribution in [3.8, 4) is 5.75 Å². The van der Waals surface area contributed by atoms with Gasteiger partial charge in [0, 0.05) is 6.04 Å². The smallest absolute Gasteiger partial charge is 0.146 e. The molecule has 0 saturated carbocycles. The van der Waals surface area contributed by atoms with Gasteiger partial charge >= 0.3 is 0 Å². The zero-order valence-electron chi connectivity index (χ0n) is 10.7. The molecule has 0 aromatic carbocycles. The first kappa shape index (κ1) is 12.6. The van der Waals surface area contributed by atoms with Crippen LogP contribution in [0.2, 0.25) is 0 Å². The van der Waals surface area contributed by atoms with E-state index in [4.69, 9.17) is 9.15 Å². The van der Waals surface area contributed by atoms with Crippen molar-refractivity contribution in [1.82, 2.24) is 10.3 Å². The number of aromatic nitrogens is 1. The molecule has 0 fully saturated rings. The molecule has 0 aliphatic carbocycles. The zero-order valence-corrected chi connectivity index (χ0v) is 10.7. The maximum absolute atomic E-state index is 5.57. The topological polar surface area (TPSA) is 47.3 Å². The summed E-state index contributed by atoms with van der Waals surface area (Å²) < 4.78 is 10.8. The second-order valence-corrected chi connectivity index (χ2v) is 4.07. The number of hydrogen-bond donors (Lipinski definition) is 1. The molecule has 0 aliphatic heterocycles. The summed E-state index contributed by atoms with van der Waals surface area (Å²) in [5.74, 6) is 1.55. The fourth-order valence-electron chi connectivity index (χ4n) is 1.69. The molecule has 18 heavy (non-hydrogen) atoms. The van der Waals surface area contributed by atoms with Gasteiger partial charge in [-0.15, -0.1) is 0 Å². The van der Waals surface area contributed by atoms with E-state index in [1.54, 1.807) is 12.5 Å². The van der Waals surface area contributed by atoms with Gasteiger partial charge in [-0.25, -0.2) is 0 Å². The lowest BCUT2D eigenvalue weighted by molar-refractivity contribution is 0.269. The van der Waals surface area contributed by atoms with Gasteiger partial charge in [0.05, 0.1) is 18.2 Å². The summed E-state index contributed by atoms with van der Waals surface area (Å²) in [6, 6.07) is 7.89. The Morgan fingerprint density at radius 1 is 1.39 bits per heavy atom. The highest BCUT2D eigenvalue weighted by Crippen LogP contribution is 2.15. The Labute approximate surface area is 107 Å². The normalized spacial score (nSPS) is 12.3. The summed E-state index contributed by atoms with van der Waals surface area (Å²) in [6.45, 7) is 5.53. The minimum Gasteiger partial charge on any atom is -0.484 e. The summed E-state index contributed by atoms with van der Waals surface area (Å²) in [5, 5.41) is 3.32. The number of hydrogen-bond acceptors (Lipinski definition) is 4. The van der Waals surface area contributed by atoms with Gasteiger partial charge in [0.15, 0.2) is 0 Å². The van der Waals surface area contributed by atoms with Crippen LogP contribution in [0.15, 0.2) is 41.1 Å². The first-order chi connectivity index (χ1) is 8.79. The highest BCUT2D eigenvalue weighted by Gasteiger charge is 2.05. The number of nitrogens with zero attached hydrogens (tertiary/aromatic N) is 1. The van der Waals surface area contributed by atoms with Crippen LogP contribution in [0.25, 0.3) is 0 Å². The quantitative estimate of drug-likeness (QED) is 0.851. The van der Waals surface area contributed by atoms with Gasteiger partial charge in [0.2, 0.25) is 0 Å². The van der Waals surface area contributed by atoms with Gasteiger partial charge in [0.25, 0.3) is 0 Å². The molecule has 2 rings (SSSR count). The van der Waals surface area contributed by atoms with Crippen molar-refractivity contribution in [2.24, 2.45) is 0 Å². The third-order valence-corrected chi connectivity index (χ3v) is 2.67. The standard InChI is InChI=1S/C14H18N2O2/c1-3-15-11(2)14-7-6-12(9-16-14)18-10-13-5-4-8-17-13/h4-9,11,15H,3,10H2,1-2H3. The average Bonchev–Trinajstić information content (AvgIpc) is 2.90. The van der Waals surface area contributed by atoms with E-state index in [-0.39, 0.29) is 6.04 Å². The van der Waals surface area contributed by atoms with Crippen molar-refractivity contribution in [1.29, 1.82) is 0 Å². The summed E-state index contributed by atoms with van der Waals surface area (Å²) in [4.78, 5) is 4.38. The summed E-state index contributed by atoms with van der Waals surface area (Å²) >= 11 is 0. The molecule has 0 bridgehead atoms. The summed E-state index contributed by atoms with van der Waals surface area (Å²) in [6.07, 6.45) is 3.38. The Kier molecular flexibility index (Phi) is 4.36. The van der Waals surface area contributed by atoms with Crippen LogP contribution < -0.4 is 10.1 Å². The number of nitrogens with one attached hydrogen (secondary N) is 1. The van der Waals surface area contributed by atoms with E-state index in [0.717, 1.165) is 23.7 Å². The highest BCUT2D eigenvalue weighted by molar-refractivity contribution is 5.21. The predicted molar refractivity (Wildman–Crippen MR) is 69.4 cm³/mol. The molecule has 4 heteroatoms. The lowest BCUT2D eigenvalue weighted by Gasteiger charge is -2.12. The maximum atomic E-state index is 5.57. The van der Waals surface area contributed by atoms with Crippen LogP contribution in [0, 0.1) is 0 Å². The molecule has 2 aromatic rings. The molecule has 1 atom stereocenters. The summed E-state index contributed by atoms with van der Waals surface area (Å²) in [7, 11) is 0. The lowest BCUT2D eigenvalue weighted by atomic mass is 10.2. The van der Waals surface area contributed by atoms with Gasteiger partial charge < -0.3 is 14.5 Å². The minimum atomic E-state index is 0.258. The van der Waals surface area contributed by atoms with Gasteiger partial charge in [-0.05, 0) is 37.7 Å². The second-order valence-electron chi connectivity index (χ2n) is 4.07. The molecule has 0 aliphatic rings. The average molecular weight is 246 g/mol.